The molecule has 1 N–H and O–H groups in total. The van der Waals surface area contributed by atoms with Gasteiger partial charge in [0.15, 0.2) is 0 Å². The van der Waals surface area contributed by atoms with E-state index >= 15 is 0 Å². The lowest BCUT2D eigenvalue weighted by Gasteiger charge is -2.15. The van der Waals surface area contributed by atoms with Gasteiger partial charge < -0.3 is 9.73 Å². The van der Waals surface area contributed by atoms with E-state index in [0.717, 1.165) is 28.2 Å². The van der Waals surface area contributed by atoms with Gasteiger partial charge in [-0.25, -0.2) is 0 Å². The minimum Gasteiger partial charge on any atom is -0.466 e. The van der Waals surface area contributed by atoms with E-state index in [-0.39, 0.29) is 6.04 Å². The monoisotopic (exact) mass is 295 g/mol. The summed E-state index contributed by atoms with van der Waals surface area (Å²) in [7, 11) is 0. The number of aryl methyl sites for hydroxylation is 1. The molecule has 0 amide bonds. The molecule has 0 aliphatic heterocycles. The largest absolute Gasteiger partial charge is 0.466 e. The highest BCUT2D eigenvalue weighted by Crippen LogP contribution is 2.28. The molecule has 0 aromatic carbocycles. The van der Waals surface area contributed by atoms with E-state index < -0.39 is 0 Å². The molecule has 0 saturated heterocycles. The fourth-order valence-electron chi connectivity index (χ4n) is 1.60. The molecular formula is C12H14BrN3O. The van der Waals surface area contributed by atoms with Gasteiger partial charge in [-0.3, -0.25) is 9.97 Å². The van der Waals surface area contributed by atoms with Crippen LogP contribution in [-0.2, 0) is 0 Å². The lowest BCUT2D eigenvalue weighted by atomic mass is 10.1. The number of halogens is 1. The molecule has 0 bridgehead atoms. The molecule has 0 aliphatic carbocycles. The van der Waals surface area contributed by atoms with E-state index in [1.165, 1.54) is 0 Å². The Morgan fingerprint density at radius 1 is 1.41 bits per heavy atom. The molecule has 90 valence electrons. The zero-order valence-corrected chi connectivity index (χ0v) is 11.4. The highest BCUT2D eigenvalue weighted by atomic mass is 79.9. The molecule has 0 saturated carbocycles. The number of hydrogen-bond acceptors (Lipinski definition) is 4. The van der Waals surface area contributed by atoms with Crippen LogP contribution in [0.2, 0.25) is 0 Å². The third-order valence-corrected chi connectivity index (χ3v) is 3.07. The SMILES string of the molecule is CCNC(c1cnc(C)cn1)c1occc1Br. The number of nitrogens with zero attached hydrogens (tertiary/aromatic N) is 2. The van der Waals surface area contributed by atoms with Crippen LogP contribution in [0.3, 0.4) is 0 Å². The van der Waals surface area contributed by atoms with E-state index in [1.54, 1.807) is 18.7 Å². The molecule has 0 spiro atoms. The highest BCUT2D eigenvalue weighted by molar-refractivity contribution is 9.10. The van der Waals surface area contributed by atoms with Crippen molar-refractivity contribution in [3.8, 4) is 0 Å². The summed E-state index contributed by atoms with van der Waals surface area (Å²) in [5.74, 6) is 0.824. The smallest absolute Gasteiger partial charge is 0.141 e. The van der Waals surface area contributed by atoms with Gasteiger partial charge in [0.25, 0.3) is 0 Å². The van der Waals surface area contributed by atoms with Crippen molar-refractivity contribution >= 4 is 15.9 Å². The molecule has 5 heteroatoms. The quantitative estimate of drug-likeness (QED) is 0.942. The number of rotatable bonds is 4. The number of nitrogens with one attached hydrogen (secondary N) is 1. The predicted octanol–water partition coefficient (Wildman–Crippen LogP) is 2.84. The number of aromatic nitrogens is 2. The minimum absolute atomic E-state index is 0.0718. The van der Waals surface area contributed by atoms with Crippen molar-refractivity contribution in [3.05, 3.63) is 46.3 Å². The number of hydrogen-bond donors (Lipinski definition) is 1. The first-order chi connectivity index (χ1) is 8.22. The maximum absolute atomic E-state index is 5.49. The van der Waals surface area contributed by atoms with Crippen molar-refractivity contribution in [1.82, 2.24) is 15.3 Å². The second-order valence-corrected chi connectivity index (χ2v) is 4.56. The van der Waals surface area contributed by atoms with Crippen LogP contribution >= 0.6 is 15.9 Å². The van der Waals surface area contributed by atoms with Crippen LogP contribution in [0.25, 0.3) is 0 Å². The standard InChI is InChI=1S/C12H14BrN3O/c1-3-14-11(12-9(13)4-5-17-12)10-7-15-8(2)6-16-10/h4-7,11,14H,3H2,1-2H3. The summed E-state index contributed by atoms with van der Waals surface area (Å²) >= 11 is 3.47. The Balaban J connectivity index is 2.35. The van der Waals surface area contributed by atoms with Gasteiger partial charge in [0.2, 0.25) is 0 Å². The summed E-state index contributed by atoms with van der Waals surface area (Å²) in [4.78, 5) is 8.65. The maximum Gasteiger partial charge on any atom is 0.141 e. The fraction of sp³-hybridized carbons (Fsp3) is 0.333. The van der Waals surface area contributed by atoms with E-state index in [2.05, 4.69) is 31.2 Å². The fourth-order valence-corrected chi connectivity index (χ4v) is 2.03. The van der Waals surface area contributed by atoms with Crippen molar-refractivity contribution in [2.24, 2.45) is 0 Å². The lowest BCUT2D eigenvalue weighted by molar-refractivity contribution is 0.444. The van der Waals surface area contributed by atoms with Gasteiger partial charge >= 0.3 is 0 Å². The zero-order chi connectivity index (χ0) is 12.3. The molecule has 2 heterocycles. The van der Waals surface area contributed by atoms with Crippen LogP contribution in [0.5, 0.6) is 0 Å². The molecule has 2 aromatic heterocycles. The van der Waals surface area contributed by atoms with E-state index in [0.29, 0.717) is 0 Å². The third kappa shape index (κ3) is 2.73. The Labute approximate surface area is 109 Å². The van der Waals surface area contributed by atoms with Crippen LogP contribution in [0.15, 0.2) is 33.6 Å². The normalized spacial score (nSPS) is 12.6. The van der Waals surface area contributed by atoms with E-state index in [1.807, 2.05) is 19.9 Å². The first-order valence-electron chi connectivity index (χ1n) is 5.47. The van der Waals surface area contributed by atoms with Gasteiger partial charge in [-0.2, -0.15) is 0 Å². The van der Waals surface area contributed by atoms with E-state index in [9.17, 15) is 0 Å². The minimum atomic E-state index is -0.0718. The molecule has 2 rings (SSSR count). The summed E-state index contributed by atoms with van der Waals surface area (Å²) in [6.45, 7) is 4.79. The summed E-state index contributed by atoms with van der Waals surface area (Å²) in [5.41, 5.74) is 1.76. The van der Waals surface area contributed by atoms with Crippen LogP contribution in [-0.4, -0.2) is 16.5 Å². The summed E-state index contributed by atoms with van der Waals surface area (Å²) in [6.07, 6.45) is 5.19. The molecule has 0 fully saturated rings. The van der Waals surface area contributed by atoms with Crippen LogP contribution in [0, 0.1) is 6.92 Å². The van der Waals surface area contributed by atoms with Gasteiger partial charge in [-0.05, 0) is 35.5 Å². The summed E-state index contributed by atoms with van der Waals surface area (Å²) < 4.78 is 6.42. The first-order valence-corrected chi connectivity index (χ1v) is 6.26. The zero-order valence-electron chi connectivity index (χ0n) is 9.77. The van der Waals surface area contributed by atoms with Crippen LogP contribution in [0.4, 0.5) is 0 Å². The second kappa shape index (κ2) is 5.42. The molecule has 4 nitrogen and oxygen atoms in total. The van der Waals surface area contributed by atoms with Gasteiger partial charge in [-0.1, -0.05) is 6.92 Å². The lowest BCUT2D eigenvalue weighted by Crippen LogP contribution is -2.23. The van der Waals surface area contributed by atoms with Gasteiger partial charge in [0.1, 0.15) is 11.8 Å². The van der Waals surface area contributed by atoms with E-state index in [4.69, 9.17) is 4.42 Å². The Kier molecular flexibility index (Phi) is 3.91. The Bertz CT molecular complexity index is 481. The molecule has 1 atom stereocenters. The predicted molar refractivity (Wildman–Crippen MR) is 68.7 cm³/mol. The molecule has 0 radical (unpaired) electrons. The maximum atomic E-state index is 5.49. The van der Waals surface area contributed by atoms with Crippen molar-refractivity contribution < 1.29 is 4.42 Å². The third-order valence-electron chi connectivity index (χ3n) is 2.41. The summed E-state index contributed by atoms with van der Waals surface area (Å²) in [5, 5.41) is 3.34. The van der Waals surface area contributed by atoms with Crippen molar-refractivity contribution in [3.63, 3.8) is 0 Å². The van der Waals surface area contributed by atoms with Gasteiger partial charge in [-0.15, -0.1) is 0 Å². The van der Waals surface area contributed by atoms with Crippen LogP contribution < -0.4 is 5.32 Å². The molecule has 17 heavy (non-hydrogen) atoms. The average molecular weight is 296 g/mol. The highest BCUT2D eigenvalue weighted by Gasteiger charge is 2.20. The second-order valence-electron chi connectivity index (χ2n) is 3.71. The average Bonchev–Trinajstić information content (AvgIpc) is 2.74. The number of furan rings is 1. The molecule has 1 unspecified atom stereocenters. The van der Waals surface area contributed by atoms with Crippen molar-refractivity contribution in [2.45, 2.75) is 19.9 Å². The first kappa shape index (κ1) is 12.3. The van der Waals surface area contributed by atoms with Crippen molar-refractivity contribution in [2.75, 3.05) is 6.54 Å². The Morgan fingerprint density at radius 2 is 2.24 bits per heavy atom. The van der Waals surface area contributed by atoms with Crippen LogP contribution in [0.1, 0.15) is 30.1 Å². The molecular weight excluding hydrogens is 282 g/mol. The molecule has 0 aliphatic rings. The molecule has 2 aromatic rings. The van der Waals surface area contributed by atoms with Gasteiger partial charge in [0.05, 0.1) is 28.3 Å². The Morgan fingerprint density at radius 3 is 2.76 bits per heavy atom. The Hall–Kier alpha value is -1.20. The topological polar surface area (TPSA) is 51.0 Å². The van der Waals surface area contributed by atoms with Crippen molar-refractivity contribution in [1.29, 1.82) is 0 Å². The summed E-state index contributed by atoms with van der Waals surface area (Å²) in [6, 6.07) is 1.80. The van der Waals surface area contributed by atoms with Gasteiger partial charge in [0, 0.05) is 6.20 Å².